The van der Waals surface area contributed by atoms with E-state index in [0.717, 1.165) is 24.8 Å². The Hall–Kier alpha value is -2.85. The number of nitrogens with one attached hydrogen (secondary N) is 1. The van der Waals surface area contributed by atoms with Gasteiger partial charge in [-0.3, -0.25) is 9.59 Å². The van der Waals surface area contributed by atoms with Gasteiger partial charge >= 0.3 is 0 Å². The first kappa shape index (κ1) is 24.8. The molecule has 2 aliphatic heterocycles. The molecule has 1 saturated carbocycles. The lowest BCUT2D eigenvalue weighted by Crippen LogP contribution is -2.51. The lowest BCUT2D eigenvalue weighted by molar-refractivity contribution is -0.128. The number of rotatable bonds is 6. The molecule has 0 spiro atoms. The fourth-order valence-electron chi connectivity index (χ4n) is 5.31. The molecule has 0 aromatic heterocycles. The Morgan fingerprint density at radius 1 is 1.06 bits per heavy atom. The van der Waals surface area contributed by atoms with E-state index in [0.29, 0.717) is 25.2 Å². The van der Waals surface area contributed by atoms with Crippen LogP contribution in [0.2, 0.25) is 0 Å². The van der Waals surface area contributed by atoms with Gasteiger partial charge in [0.05, 0.1) is 24.2 Å². The van der Waals surface area contributed by atoms with E-state index < -0.39 is 45.4 Å². The van der Waals surface area contributed by atoms with Crippen LogP contribution in [0.1, 0.15) is 45.9 Å². The summed E-state index contributed by atoms with van der Waals surface area (Å²) < 4.78 is 58.7. The molecular weight excluding hydrogens is 490 g/mol. The number of hydrogen-bond donors (Lipinski definition) is 1. The second-order valence-corrected chi connectivity index (χ2v) is 12.2. The first-order valence-corrected chi connectivity index (χ1v) is 13.8. The van der Waals surface area contributed by atoms with Crippen molar-refractivity contribution in [3.63, 3.8) is 0 Å². The maximum absolute atomic E-state index is 14.8. The van der Waals surface area contributed by atoms with E-state index in [4.69, 9.17) is 4.74 Å². The van der Waals surface area contributed by atoms with Crippen LogP contribution in [0.15, 0.2) is 35.2 Å². The monoisotopic (exact) mass is 518 g/mol. The Kier molecular flexibility index (Phi) is 6.15. The molecule has 1 N–H and O–H groups in total. The summed E-state index contributed by atoms with van der Waals surface area (Å²) in [5, 5.41) is 2.87. The summed E-state index contributed by atoms with van der Waals surface area (Å²) in [6, 6.07) is 5.04. The highest BCUT2D eigenvalue weighted by Crippen LogP contribution is 2.48. The van der Waals surface area contributed by atoms with Gasteiger partial charge in [-0.15, -0.1) is 0 Å². The molecule has 36 heavy (non-hydrogen) atoms. The molecule has 3 fully saturated rings. The quantitative estimate of drug-likeness (QED) is 0.635. The van der Waals surface area contributed by atoms with Crippen molar-refractivity contribution in [3.8, 4) is 0 Å². The Labute approximate surface area is 208 Å². The molecule has 192 valence electrons. The Bertz CT molecular complexity index is 1360. The highest BCUT2D eigenvalue weighted by molar-refractivity contribution is 7.90. The van der Waals surface area contributed by atoms with Crippen molar-refractivity contribution in [1.82, 2.24) is 10.2 Å². The summed E-state index contributed by atoms with van der Waals surface area (Å²) in [5.41, 5.74) is 0.955. The van der Waals surface area contributed by atoms with Gasteiger partial charge in [-0.25, -0.2) is 17.2 Å². The molecule has 2 heterocycles. The lowest BCUT2D eigenvalue weighted by atomic mass is 9.90. The van der Waals surface area contributed by atoms with Crippen LogP contribution < -0.4 is 5.32 Å². The Morgan fingerprint density at radius 2 is 1.78 bits per heavy atom. The maximum atomic E-state index is 14.8. The van der Waals surface area contributed by atoms with E-state index >= 15 is 0 Å². The molecule has 0 unspecified atom stereocenters. The second kappa shape index (κ2) is 8.92. The number of benzene rings is 2. The van der Waals surface area contributed by atoms with E-state index in [-0.39, 0.29) is 39.5 Å². The van der Waals surface area contributed by atoms with Crippen LogP contribution in [-0.4, -0.2) is 56.7 Å². The van der Waals surface area contributed by atoms with Gasteiger partial charge in [-0.05, 0) is 68.0 Å². The largest absolute Gasteiger partial charge is 0.381 e. The number of nitrogens with zero attached hydrogens (tertiary/aromatic N) is 1. The molecule has 7 nitrogen and oxygen atoms in total. The molecule has 2 aromatic rings. The van der Waals surface area contributed by atoms with Crippen LogP contribution in [-0.2, 0) is 19.4 Å². The predicted octanol–water partition coefficient (Wildman–Crippen LogP) is 3.09. The molecule has 1 aliphatic carbocycles. The maximum Gasteiger partial charge on any atom is 0.254 e. The number of fused-ring (bicyclic) bond motifs is 1. The SMILES string of the molecule is Cc1cc(F)c([C@H](NC(=O)[C@H]2C[C@H]3C[C@H]3N2C(=O)c2ccc(C)c(S(C)(=O)=O)c2)C2COC2)cc1F. The topological polar surface area (TPSA) is 92.8 Å². The summed E-state index contributed by atoms with van der Waals surface area (Å²) in [7, 11) is -3.54. The van der Waals surface area contributed by atoms with Crippen molar-refractivity contribution >= 4 is 21.7 Å². The van der Waals surface area contributed by atoms with Crippen molar-refractivity contribution in [3.05, 3.63) is 64.2 Å². The number of piperidine rings is 1. The van der Waals surface area contributed by atoms with Crippen molar-refractivity contribution in [1.29, 1.82) is 0 Å². The van der Waals surface area contributed by atoms with Crippen molar-refractivity contribution < 1.29 is 31.5 Å². The first-order chi connectivity index (χ1) is 17.0. The molecule has 4 atom stereocenters. The van der Waals surface area contributed by atoms with E-state index in [2.05, 4.69) is 5.32 Å². The summed E-state index contributed by atoms with van der Waals surface area (Å²) in [4.78, 5) is 28.6. The van der Waals surface area contributed by atoms with Crippen LogP contribution in [0.25, 0.3) is 0 Å². The van der Waals surface area contributed by atoms with Gasteiger partial charge in [0.15, 0.2) is 9.84 Å². The molecule has 2 amide bonds. The van der Waals surface area contributed by atoms with Gasteiger partial charge in [-0.2, -0.15) is 0 Å². The van der Waals surface area contributed by atoms with Gasteiger partial charge in [-0.1, -0.05) is 6.07 Å². The number of carbonyl (C=O) groups excluding carboxylic acids is 2. The van der Waals surface area contributed by atoms with Gasteiger partial charge in [0.2, 0.25) is 5.91 Å². The minimum Gasteiger partial charge on any atom is -0.381 e. The third-order valence-electron chi connectivity index (χ3n) is 7.52. The Morgan fingerprint density at radius 3 is 2.42 bits per heavy atom. The summed E-state index contributed by atoms with van der Waals surface area (Å²) in [6.45, 7) is 3.73. The molecule has 2 saturated heterocycles. The van der Waals surface area contributed by atoms with Gasteiger partial charge in [0.25, 0.3) is 5.91 Å². The normalized spacial score (nSPS) is 24.1. The van der Waals surface area contributed by atoms with E-state index in [1.165, 1.54) is 17.9 Å². The number of hydrogen-bond acceptors (Lipinski definition) is 5. The molecular formula is C26H28F2N2O5S. The van der Waals surface area contributed by atoms with Crippen LogP contribution in [0.4, 0.5) is 8.78 Å². The van der Waals surface area contributed by atoms with Crippen molar-refractivity contribution in [2.75, 3.05) is 19.5 Å². The highest BCUT2D eigenvalue weighted by atomic mass is 32.2. The van der Waals surface area contributed by atoms with Crippen LogP contribution >= 0.6 is 0 Å². The van der Waals surface area contributed by atoms with E-state index in [9.17, 15) is 26.8 Å². The van der Waals surface area contributed by atoms with E-state index in [1.54, 1.807) is 19.1 Å². The summed E-state index contributed by atoms with van der Waals surface area (Å²) >= 11 is 0. The number of carbonyl (C=O) groups is 2. The second-order valence-electron chi connectivity index (χ2n) is 10.2. The lowest BCUT2D eigenvalue weighted by Gasteiger charge is -2.36. The number of ether oxygens (including phenoxy) is 1. The van der Waals surface area contributed by atoms with Crippen LogP contribution in [0.5, 0.6) is 0 Å². The zero-order chi connectivity index (χ0) is 25.9. The summed E-state index contributed by atoms with van der Waals surface area (Å²) in [6.07, 6.45) is 2.33. The minimum absolute atomic E-state index is 0.0529. The molecule has 0 radical (unpaired) electrons. The number of sulfone groups is 1. The minimum atomic E-state index is -3.54. The molecule has 0 bridgehead atoms. The van der Waals surface area contributed by atoms with Gasteiger partial charge in [0, 0.05) is 29.3 Å². The molecule has 3 aliphatic rings. The van der Waals surface area contributed by atoms with Gasteiger partial charge in [0.1, 0.15) is 17.7 Å². The average molecular weight is 519 g/mol. The number of aryl methyl sites for hydroxylation is 2. The smallest absolute Gasteiger partial charge is 0.254 e. The third kappa shape index (κ3) is 4.41. The fourth-order valence-corrected chi connectivity index (χ4v) is 6.30. The fraction of sp³-hybridized carbons (Fsp3) is 0.462. The van der Waals surface area contributed by atoms with Crippen LogP contribution in [0.3, 0.4) is 0 Å². The first-order valence-electron chi connectivity index (χ1n) is 11.9. The average Bonchev–Trinajstić information content (AvgIpc) is 3.43. The number of likely N-dealkylation sites (tertiary alicyclic amines) is 1. The molecule has 10 heteroatoms. The zero-order valence-electron chi connectivity index (χ0n) is 20.3. The van der Waals surface area contributed by atoms with E-state index in [1.807, 2.05) is 0 Å². The highest BCUT2D eigenvalue weighted by Gasteiger charge is 2.56. The standard InChI is InChI=1S/C26H28F2N2O5S/c1-13-4-5-15(9-23(13)36(3,33)34)26(32)30-21-7-16(21)8-22(30)25(31)29-24(17-11-35-12-17)18-10-19(27)14(2)6-20(18)28/h4-6,9-10,16-17,21-22,24H,7-8,11-12H2,1-3H3,(H,29,31)/t16-,21-,22-,24-/m1/s1. The molecule has 5 rings (SSSR count). The van der Waals surface area contributed by atoms with Crippen LogP contribution in [0, 0.1) is 37.3 Å². The summed E-state index contributed by atoms with van der Waals surface area (Å²) in [5.74, 6) is -2.07. The number of amides is 2. The number of halogens is 2. The van der Waals surface area contributed by atoms with Gasteiger partial charge < -0.3 is 15.0 Å². The Balaban J connectivity index is 1.42. The molecule has 2 aromatic carbocycles. The van der Waals surface area contributed by atoms with Crippen molar-refractivity contribution in [2.24, 2.45) is 11.8 Å². The zero-order valence-corrected chi connectivity index (χ0v) is 21.1. The van der Waals surface area contributed by atoms with Crippen molar-refractivity contribution in [2.45, 2.75) is 49.7 Å². The predicted molar refractivity (Wildman–Crippen MR) is 127 cm³/mol. The third-order valence-corrected chi connectivity index (χ3v) is 8.76.